The number of urea groups is 1. The molecule has 0 saturated carbocycles. The van der Waals surface area contributed by atoms with Gasteiger partial charge in [-0.2, -0.15) is 5.11 Å². The van der Waals surface area contributed by atoms with Crippen molar-refractivity contribution in [3.8, 4) is 0 Å². The van der Waals surface area contributed by atoms with Gasteiger partial charge in [-0.25, -0.2) is 9.80 Å². The molecule has 0 atom stereocenters. The van der Waals surface area contributed by atoms with E-state index in [-0.39, 0.29) is 6.03 Å². The van der Waals surface area contributed by atoms with Crippen molar-refractivity contribution < 1.29 is 4.79 Å². The van der Waals surface area contributed by atoms with Crippen LogP contribution in [0.25, 0.3) is 0 Å². The Balaban J connectivity index is 3.47. The summed E-state index contributed by atoms with van der Waals surface area (Å²) in [5.41, 5.74) is 5.33. The maximum absolute atomic E-state index is 10.9. The smallest absolute Gasteiger partial charge is 0.338 e. The van der Waals surface area contributed by atoms with E-state index in [1.54, 1.807) is 14.1 Å². The van der Waals surface area contributed by atoms with Crippen molar-refractivity contribution in [2.45, 2.75) is 19.3 Å². The molecule has 0 spiro atoms. The highest BCUT2D eigenvalue weighted by Gasteiger charge is 2.01. The number of nitrogens with two attached hydrogens (primary N) is 1. The fraction of sp³-hybridized carbons (Fsp3) is 0.875. The van der Waals surface area contributed by atoms with Crippen LogP contribution in [0.4, 0.5) is 4.79 Å². The molecule has 0 aromatic heterocycles. The van der Waals surface area contributed by atoms with E-state index in [1.165, 1.54) is 5.01 Å². The van der Waals surface area contributed by atoms with Gasteiger partial charge in [-0.05, 0) is 19.4 Å². The minimum absolute atomic E-state index is 0.268. The third kappa shape index (κ3) is 6.36. The van der Waals surface area contributed by atoms with Gasteiger partial charge >= 0.3 is 6.03 Å². The van der Waals surface area contributed by atoms with E-state index in [1.807, 2.05) is 0 Å². The molecule has 0 aliphatic heterocycles. The van der Waals surface area contributed by atoms with Crippen LogP contribution < -0.4 is 11.1 Å². The van der Waals surface area contributed by atoms with Gasteiger partial charge in [-0.3, -0.25) is 0 Å². The molecular weight excluding hydrogens is 182 g/mol. The number of hydrogen-bond acceptors (Lipinski definition) is 4. The van der Waals surface area contributed by atoms with E-state index in [4.69, 9.17) is 5.73 Å². The van der Waals surface area contributed by atoms with E-state index in [0.717, 1.165) is 25.8 Å². The normalized spacial score (nSPS) is 10.5. The van der Waals surface area contributed by atoms with Crippen LogP contribution in [0.5, 0.6) is 0 Å². The zero-order chi connectivity index (χ0) is 10.8. The summed E-state index contributed by atoms with van der Waals surface area (Å²) in [7, 11) is 3.11. The molecule has 6 nitrogen and oxygen atoms in total. The highest BCUT2D eigenvalue weighted by Crippen LogP contribution is 1.95. The standard InChI is InChI=1S/C8H19N5O/c1-10-8(14)13(2)12-11-7-5-3-4-6-9/h3-7,9H2,1-2H3,(H,10,14). The second-order valence-electron chi connectivity index (χ2n) is 2.88. The van der Waals surface area contributed by atoms with Gasteiger partial charge < -0.3 is 11.1 Å². The molecule has 3 N–H and O–H groups in total. The number of amides is 2. The molecule has 0 aliphatic carbocycles. The summed E-state index contributed by atoms with van der Waals surface area (Å²) in [6, 6.07) is -0.268. The molecule has 0 aliphatic rings. The lowest BCUT2D eigenvalue weighted by Crippen LogP contribution is -2.30. The van der Waals surface area contributed by atoms with Gasteiger partial charge in [0.15, 0.2) is 0 Å². The molecule has 14 heavy (non-hydrogen) atoms. The predicted molar refractivity (Wildman–Crippen MR) is 54.8 cm³/mol. The fourth-order valence-corrected chi connectivity index (χ4v) is 0.846. The second-order valence-corrected chi connectivity index (χ2v) is 2.88. The Morgan fingerprint density at radius 3 is 2.71 bits per heavy atom. The summed E-state index contributed by atoms with van der Waals surface area (Å²) in [6.45, 7) is 1.36. The molecule has 0 rings (SSSR count). The molecule has 2 amide bonds. The summed E-state index contributed by atoms with van der Waals surface area (Å²) in [5.74, 6) is 0. The summed E-state index contributed by atoms with van der Waals surface area (Å²) in [5, 5.41) is 11.2. The Kier molecular flexibility index (Phi) is 7.72. The first kappa shape index (κ1) is 12.8. The van der Waals surface area contributed by atoms with Crippen LogP contribution in [0.1, 0.15) is 19.3 Å². The van der Waals surface area contributed by atoms with Crippen molar-refractivity contribution in [1.29, 1.82) is 0 Å². The van der Waals surface area contributed by atoms with Crippen LogP contribution in [0.15, 0.2) is 10.3 Å². The second kappa shape index (κ2) is 8.43. The van der Waals surface area contributed by atoms with Gasteiger partial charge in [-0.1, -0.05) is 11.6 Å². The van der Waals surface area contributed by atoms with Gasteiger partial charge in [0.2, 0.25) is 0 Å². The van der Waals surface area contributed by atoms with Gasteiger partial charge in [0.05, 0.1) is 6.54 Å². The Morgan fingerprint density at radius 2 is 2.14 bits per heavy atom. The SMILES string of the molecule is CNC(=O)N(C)N=NCCCCCN. The third-order valence-electron chi connectivity index (χ3n) is 1.67. The first-order valence-electron chi connectivity index (χ1n) is 4.75. The molecule has 0 radical (unpaired) electrons. The first-order valence-corrected chi connectivity index (χ1v) is 4.75. The van der Waals surface area contributed by atoms with Crippen LogP contribution >= 0.6 is 0 Å². The fourth-order valence-electron chi connectivity index (χ4n) is 0.846. The molecule has 0 aromatic carbocycles. The molecular formula is C8H19N5O. The van der Waals surface area contributed by atoms with Crippen molar-refractivity contribution in [3.63, 3.8) is 0 Å². The quantitative estimate of drug-likeness (QED) is 0.377. The van der Waals surface area contributed by atoms with Gasteiger partial charge in [0.1, 0.15) is 0 Å². The van der Waals surface area contributed by atoms with Gasteiger partial charge in [-0.15, -0.1) is 0 Å². The average molecular weight is 201 g/mol. The van der Waals surface area contributed by atoms with Crippen molar-refractivity contribution in [1.82, 2.24) is 10.3 Å². The highest BCUT2D eigenvalue weighted by molar-refractivity contribution is 5.72. The summed E-state index contributed by atoms with van der Waals surface area (Å²) in [6.07, 6.45) is 3.03. The molecule has 0 aromatic rings. The van der Waals surface area contributed by atoms with Crippen molar-refractivity contribution >= 4 is 6.03 Å². The van der Waals surface area contributed by atoms with Crippen LogP contribution in [0.3, 0.4) is 0 Å². The van der Waals surface area contributed by atoms with Crippen LogP contribution in [-0.4, -0.2) is 38.2 Å². The predicted octanol–water partition coefficient (Wildman–Crippen LogP) is 0.754. The molecule has 0 bridgehead atoms. The summed E-state index contributed by atoms with van der Waals surface area (Å²) < 4.78 is 0. The Bertz CT molecular complexity index is 183. The Hall–Kier alpha value is -1.17. The van der Waals surface area contributed by atoms with E-state index in [9.17, 15) is 4.79 Å². The van der Waals surface area contributed by atoms with Crippen molar-refractivity contribution in [2.75, 3.05) is 27.2 Å². The number of nitrogens with one attached hydrogen (secondary N) is 1. The molecule has 0 fully saturated rings. The highest BCUT2D eigenvalue weighted by atomic mass is 16.2. The van der Waals surface area contributed by atoms with Gasteiger partial charge in [0, 0.05) is 14.1 Å². The van der Waals surface area contributed by atoms with Crippen molar-refractivity contribution in [2.24, 2.45) is 16.1 Å². The minimum atomic E-state index is -0.268. The number of rotatable bonds is 6. The molecule has 6 heteroatoms. The van der Waals surface area contributed by atoms with Crippen LogP contribution in [0, 0.1) is 0 Å². The molecule has 0 heterocycles. The van der Waals surface area contributed by atoms with E-state index in [0.29, 0.717) is 6.54 Å². The number of nitrogens with zero attached hydrogens (tertiary/aromatic N) is 3. The van der Waals surface area contributed by atoms with Gasteiger partial charge in [0.25, 0.3) is 0 Å². The Morgan fingerprint density at radius 1 is 1.43 bits per heavy atom. The lowest BCUT2D eigenvalue weighted by atomic mass is 10.2. The maximum Gasteiger partial charge on any atom is 0.338 e. The molecule has 0 saturated heterocycles. The maximum atomic E-state index is 10.9. The number of unbranched alkanes of at least 4 members (excludes halogenated alkanes) is 2. The number of carbonyl (C=O) groups is 1. The summed E-state index contributed by atoms with van der Waals surface area (Å²) in [4.78, 5) is 10.9. The van der Waals surface area contributed by atoms with E-state index in [2.05, 4.69) is 15.7 Å². The Labute approximate surface area is 84.5 Å². The first-order chi connectivity index (χ1) is 6.72. The number of carbonyl (C=O) groups excluding carboxylic acids is 1. The monoisotopic (exact) mass is 201 g/mol. The third-order valence-corrected chi connectivity index (χ3v) is 1.67. The van der Waals surface area contributed by atoms with E-state index >= 15 is 0 Å². The van der Waals surface area contributed by atoms with E-state index < -0.39 is 0 Å². The zero-order valence-electron chi connectivity index (χ0n) is 8.86. The summed E-state index contributed by atoms with van der Waals surface area (Å²) >= 11 is 0. The number of hydrogen-bond donors (Lipinski definition) is 2. The van der Waals surface area contributed by atoms with Crippen LogP contribution in [0.2, 0.25) is 0 Å². The van der Waals surface area contributed by atoms with Crippen molar-refractivity contribution in [3.05, 3.63) is 0 Å². The lowest BCUT2D eigenvalue weighted by molar-refractivity contribution is 0.209. The lowest BCUT2D eigenvalue weighted by Gasteiger charge is -2.07. The zero-order valence-corrected chi connectivity index (χ0v) is 8.86. The average Bonchev–Trinajstić information content (AvgIpc) is 2.21. The minimum Gasteiger partial charge on any atom is -0.340 e. The van der Waals surface area contributed by atoms with Crippen LogP contribution in [-0.2, 0) is 0 Å². The molecule has 82 valence electrons. The topological polar surface area (TPSA) is 83.1 Å². The molecule has 0 unspecified atom stereocenters. The largest absolute Gasteiger partial charge is 0.340 e.